The van der Waals surface area contributed by atoms with Crippen molar-refractivity contribution in [3.05, 3.63) is 84.4 Å². The third-order valence-electron chi connectivity index (χ3n) is 4.61. The summed E-state index contributed by atoms with van der Waals surface area (Å²) in [6.45, 7) is 6.51. The van der Waals surface area contributed by atoms with Crippen molar-refractivity contribution in [3.63, 3.8) is 0 Å². The number of benzene rings is 4. The third-order valence-corrected chi connectivity index (χ3v) is 4.61. The van der Waals surface area contributed by atoms with E-state index >= 15 is 0 Å². The van der Waals surface area contributed by atoms with Gasteiger partial charge in [0, 0.05) is 0 Å². The van der Waals surface area contributed by atoms with Gasteiger partial charge in [-0.3, -0.25) is 0 Å². The van der Waals surface area contributed by atoms with Crippen molar-refractivity contribution in [3.8, 4) is 11.1 Å². The minimum Gasteiger partial charge on any atom is -0.0656 e. The lowest BCUT2D eigenvalue weighted by atomic mass is 9.87. The first-order chi connectivity index (χ1) is 12.8. The first-order valence-electron chi connectivity index (χ1n) is 9.79. The van der Waals surface area contributed by atoms with Gasteiger partial charge in [-0.25, -0.2) is 0 Å². The Morgan fingerprint density at radius 1 is 0.538 bits per heavy atom. The number of aryl methyl sites for hydroxylation is 1. The van der Waals surface area contributed by atoms with Crippen molar-refractivity contribution < 1.29 is 0 Å². The molecule has 0 aromatic heterocycles. The predicted molar refractivity (Wildman–Crippen MR) is 117 cm³/mol. The molecule has 0 spiro atoms. The molecule has 0 saturated heterocycles. The first kappa shape index (κ1) is 18.2. The first-order valence-corrected chi connectivity index (χ1v) is 9.79. The molecule has 0 heteroatoms. The monoisotopic (exact) mass is 340 g/mol. The maximum absolute atomic E-state index is 2.28. The molecule has 0 unspecified atom stereocenters. The second-order valence-electron chi connectivity index (χ2n) is 6.77. The summed E-state index contributed by atoms with van der Waals surface area (Å²) in [7, 11) is 0. The van der Waals surface area contributed by atoms with E-state index in [1.165, 1.54) is 51.1 Å². The summed E-state index contributed by atoms with van der Waals surface area (Å²) in [5.41, 5.74) is 4.14. The fourth-order valence-electron chi connectivity index (χ4n) is 3.65. The molecule has 4 rings (SSSR count). The van der Waals surface area contributed by atoms with E-state index in [9.17, 15) is 0 Å². The summed E-state index contributed by atoms with van der Waals surface area (Å²) in [6, 6.07) is 28.5. The van der Waals surface area contributed by atoms with E-state index in [1.54, 1.807) is 0 Å². The zero-order chi connectivity index (χ0) is 18.4. The summed E-state index contributed by atoms with van der Waals surface area (Å²) >= 11 is 0. The van der Waals surface area contributed by atoms with Gasteiger partial charge in [0.15, 0.2) is 0 Å². The van der Waals surface area contributed by atoms with E-state index < -0.39 is 0 Å². The molecule has 0 heterocycles. The van der Waals surface area contributed by atoms with Crippen LogP contribution in [0.5, 0.6) is 0 Å². The molecule has 132 valence electrons. The van der Waals surface area contributed by atoms with E-state index in [1.807, 2.05) is 0 Å². The zero-order valence-electron chi connectivity index (χ0n) is 16.1. The lowest BCUT2D eigenvalue weighted by Crippen LogP contribution is -1.93. The fourth-order valence-corrected chi connectivity index (χ4v) is 3.65. The standard InChI is InChI=1S/C23H20.C3H8/c1-2-10-18-19-13-6-8-15-21(19)23(17-11-4-3-5-12-17)22-16-9-7-14-20(18)22;1-3-2/h3-9,11-16H,2,10H2,1H3;3H2,1-2H3. The summed E-state index contributed by atoms with van der Waals surface area (Å²) < 4.78 is 0. The van der Waals surface area contributed by atoms with Gasteiger partial charge in [-0.15, -0.1) is 0 Å². The van der Waals surface area contributed by atoms with Crippen LogP contribution in [0.2, 0.25) is 0 Å². The van der Waals surface area contributed by atoms with Crippen molar-refractivity contribution >= 4 is 21.5 Å². The van der Waals surface area contributed by atoms with Crippen LogP contribution in [-0.4, -0.2) is 0 Å². The zero-order valence-corrected chi connectivity index (χ0v) is 16.1. The fraction of sp³-hybridized carbons (Fsp3) is 0.231. The Bertz CT molecular complexity index is 924. The van der Waals surface area contributed by atoms with E-state index in [0.717, 1.165) is 6.42 Å². The van der Waals surface area contributed by atoms with Crippen molar-refractivity contribution in [1.29, 1.82) is 0 Å². The third kappa shape index (κ3) is 3.51. The van der Waals surface area contributed by atoms with Gasteiger partial charge in [0.05, 0.1) is 0 Å². The summed E-state index contributed by atoms with van der Waals surface area (Å²) in [4.78, 5) is 0. The van der Waals surface area contributed by atoms with Crippen molar-refractivity contribution in [1.82, 2.24) is 0 Å². The predicted octanol–water partition coefficient (Wildman–Crippen LogP) is 8.03. The van der Waals surface area contributed by atoms with Crippen LogP contribution in [0.25, 0.3) is 32.7 Å². The highest BCUT2D eigenvalue weighted by Gasteiger charge is 2.13. The lowest BCUT2D eigenvalue weighted by molar-refractivity contribution is 0.936. The average Bonchev–Trinajstić information content (AvgIpc) is 2.69. The Kier molecular flexibility index (Phi) is 6.07. The Labute approximate surface area is 157 Å². The Morgan fingerprint density at radius 2 is 0.962 bits per heavy atom. The summed E-state index contributed by atoms with van der Waals surface area (Å²) in [6.07, 6.45) is 3.54. The SMILES string of the molecule is CCC.CCCc1c2ccccc2c(-c2ccccc2)c2ccccc12. The van der Waals surface area contributed by atoms with Crippen LogP contribution >= 0.6 is 0 Å². The van der Waals surface area contributed by atoms with Gasteiger partial charge < -0.3 is 0 Å². The van der Waals surface area contributed by atoms with Crippen LogP contribution in [0, 0.1) is 0 Å². The minimum absolute atomic E-state index is 1.12. The van der Waals surface area contributed by atoms with Gasteiger partial charge in [-0.05, 0) is 44.7 Å². The molecule has 0 N–H and O–H groups in total. The quantitative estimate of drug-likeness (QED) is 0.331. The van der Waals surface area contributed by atoms with Gasteiger partial charge in [0.1, 0.15) is 0 Å². The normalized spacial score (nSPS) is 10.6. The molecular weight excluding hydrogens is 312 g/mol. The molecule has 0 fully saturated rings. The minimum atomic E-state index is 1.12. The molecule has 0 aliphatic rings. The molecule has 0 nitrogen and oxygen atoms in total. The second-order valence-corrected chi connectivity index (χ2v) is 6.77. The molecule has 0 atom stereocenters. The van der Waals surface area contributed by atoms with Crippen LogP contribution in [0.3, 0.4) is 0 Å². The van der Waals surface area contributed by atoms with Crippen LogP contribution < -0.4 is 0 Å². The Balaban J connectivity index is 0.000000613. The van der Waals surface area contributed by atoms with Gasteiger partial charge in [0.2, 0.25) is 0 Å². The van der Waals surface area contributed by atoms with Gasteiger partial charge >= 0.3 is 0 Å². The van der Waals surface area contributed by atoms with Gasteiger partial charge in [0.25, 0.3) is 0 Å². The molecular formula is C26H28. The smallest absolute Gasteiger partial charge is 0.00266 e. The molecule has 4 aromatic rings. The second kappa shape index (κ2) is 8.67. The molecule has 0 aliphatic carbocycles. The lowest BCUT2D eigenvalue weighted by Gasteiger charge is -2.16. The van der Waals surface area contributed by atoms with E-state index in [0.29, 0.717) is 0 Å². The molecule has 0 aliphatic heterocycles. The number of fused-ring (bicyclic) bond motifs is 2. The summed E-state index contributed by atoms with van der Waals surface area (Å²) in [5.74, 6) is 0. The van der Waals surface area contributed by atoms with Gasteiger partial charge in [-0.2, -0.15) is 0 Å². The van der Waals surface area contributed by atoms with E-state index in [2.05, 4.69) is 99.6 Å². The molecule has 0 radical (unpaired) electrons. The van der Waals surface area contributed by atoms with Crippen LogP contribution in [0.4, 0.5) is 0 Å². The highest BCUT2D eigenvalue weighted by atomic mass is 14.2. The number of hydrogen-bond donors (Lipinski definition) is 0. The highest BCUT2D eigenvalue weighted by molar-refractivity contribution is 6.14. The molecule has 0 amide bonds. The van der Waals surface area contributed by atoms with Crippen LogP contribution in [-0.2, 0) is 6.42 Å². The van der Waals surface area contributed by atoms with Crippen molar-refractivity contribution in [2.75, 3.05) is 0 Å². The average molecular weight is 341 g/mol. The van der Waals surface area contributed by atoms with Crippen LogP contribution in [0.1, 0.15) is 39.2 Å². The number of hydrogen-bond acceptors (Lipinski definition) is 0. The molecule has 0 bridgehead atoms. The topological polar surface area (TPSA) is 0 Å². The highest BCUT2D eigenvalue weighted by Crippen LogP contribution is 2.39. The maximum atomic E-state index is 2.28. The van der Waals surface area contributed by atoms with E-state index in [4.69, 9.17) is 0 Å². The van der Waals surface area contributed by atoms with Gasteiger partial charge in [-0.1, -0.05) is 112 Å². The molecule has 4 aromatic carbocycles. The van der Waals surface area contributed by atoms with Crippen molar-refractivity contribution in [2.45, 2.75) is 40.0 Å². The van der Waals surface area contributed by atoms with Crippen LogP contribution in [0.15, 0.2) is 78.9 Å². The molecule has 0 saturated carbocycles. The Hall–Kier alpha value is -2.60. The summed E-state index contributed by atoms with van der Waals surface area (Å²) in [5, 5.41) is 5.51. The molecule has 26 heavy (non-hydrogen) atoms. The largest absolute Gasteiger partial charge is 0.0656 e. The number of rotatable bonds is 3. The van der Waals surface area contributed by atoms with Crippen molar-refractivity contribution in [2.24, 2.45) is 0 Å². The Morgan fingerprint density at radius 3 is 1.42 bits per heavy atom. The maximum Gasteiger partial charge on any atom is -0.00266 e. The van der Waals surface area contributed by atoms with E-state index in [-0.39, 0.29) is 0 Å².